The van der Waals surface area contributed by atoms with Gasteiger partial charge in [0.15, 0.2) is 0 Å². The number of alkyl carbamates (subject to hydrolysis) is 1. The van der Waals surface area contributed by atoms with E-state index in [2.05, 4.69) is 31.5 Å². The molecule has 0 radical (unpaired) electrons. The molecule has 6 nitrogen and oxygen atoms in total. The van der Waals surface area contributed by atoms with Gasteiger partial charge in [0, 0.05) is 0 Å². The minimum Gasteiger partial charge on any atom is -0.444 e. The second-order valence-electron chi connectivity index (χ2n) is 8.70. The molecule has 2 fully saturated rings. The summed E-state index contributed by atoms with van der Waals surface area (Å²) in [6.45, 7) is 7.37. The molecule has 148 valence electrons. The van der Waals surface area contributed by atoms with Crippen LogP contribution in [-0.2, 0) is 9.53 Å². The lowest BCUT2D eigenvalue weighted by Crippen LogP contribution is -2.51. The maximum Gasteiger partial charge on any atom is 0.408 e. The van der Waals surface area contributed by atoms with Crippen molar-refractivity contribution in [1.82, 2.24) is 10.3 Å². The monoisotopic (exact) mass is 437 g/mol. The number of carbonyl (C=O) groups is 2. The summed E-state index contributed by atoms with van der Waals surface area (Å²) < 4.78 is 6.15. The highest BCUT2D eigenvalue weighted by Crippen LogP contribution is 2.50. The SMILES string of the molecule is Cc1cc(NC(=O)[C@@H](NC(=O)OC(C)(C)C)C(C2CC2)C2CC2)cnc1Br. The summed E-state index contributed by atoms with van der Waals surface area (Å²) in [4.78, 5) is 29.7. The summed E-state index contributed by atoms with van der Waals surface area (Å²) in [6.07, 6.45) is 5.57. The van der Waals surface area contributed by atoms with Crippen LogP contribution < -0.4 is 10.6 Å². The van der Waals surface area contributed by atoms with E-state index in [-0.39, 0.29) is 11.8 Å². The van der Waals surface area contributed by atoms with Crippen molar-refractivity contribution in [3.63, 3.8) is 0 Å². The lowest BCUT2D eigenvalue weighted by atomic mass is 9.88. The predicted molar refractivity (Wildman–Crippen MR) is 107 cm³/mol. The molecular formula is C20H28BrN3O3. The van der Waals surface area contributed by atoms with Crippen LogP contribution in [0.15, 0.2) is 16.9 Å². The highest BCUT2D eigenvalue weighted by Gasteiger charge is 2.48. The normalized spacial score (nSPS) is 18.1. The van der Waals surface area contributed by atoms with Gasteiger partial charge in [0.05, 0.1) is 11.9 Å². The molecule has 2 aliphatic carbocycles. The number of nitrogens with zero attached hydrogens (tertiary/aromatic N) is 1. The number of ether oxygens (including phenoxy) is 1. The maximum atomic E-state index is 13.1. The van der Waals surface area contributed by atoms with E-state index in [9.17, 15) is 9.59 Å². The van der Waals surface area contributed by atoms with Gasteiger partial charge in [-0.1, -0.05) is 0 Å². The third-order valence-corrected chi connectivity index (χ3v) is 5.78. The van der Waals surface area contributed by atoms with Gasteiger partial charge in [-0.2, -0.15) is 0 Å². The molecule has 0 saturated heterocycles. The van der Waals surface area contributed by atoms with Gasteiger partial charge in [0.1, 0.15) is 16.2 Å². The molecule has 2 amide bonds. The van der Waals surface area contributed by atoms with Crippen molar-refractivity contribution in [2.75, 3.05) is 5.32 Å². The van der Waals surface area contributed by atoms with Gasteiger partial charge in [0.2, 0.25) is 5.91 Å². The molecule has 0 bridgehead atoms. The number of amides is 2. The highest BCUT2D eigenvalue weighted by molar-refractivity contribution is 9.10. The molecule has 1 heterocycles. The second kappa shape index (κ2) is 7.78. The molecule has 0 aliphatic heterocycles. The number of halogens is 1. The number of hydrogen-bond acceptors (Lipinski definition) is 4. The van der Waals surface area contributed by atoms with Crippen molar-refractivity contribution < 1.29 is 14.3 Å². The average molecular weight is 438 g/mol. The zero-order chi connectivity index (χ0) is 19.8. The van der Waals surface area contributed by atoms with Crippen molar-refractivity contribution >= 4 is 33.6 Å². The van der Waals surface area contributed by atoms with Crippen molar-refractivity contribution in [2.45, 2.75) is 65.0 Å². The van der Waals surface area contributed by atoms with Crippen LogP contribution in [-0.4, -0.2) is 28.6 Å². The fourth-order valence-electron chi connectivity index (χ4n) is 3.51. The number of rotatable bonds is 6. The quantitative estimate of drug-likeness (QED) is 0.645. The summed E-state index contributed by atoms with van der Waals surface area (Å²) in [5, 5.41) is 5.79. The molecule has 1 aromatic heterocycles. The molecule has 7 heteroatoms. The molecule has 2 aliphatic rings. The molecule has 1 atom stereocenters. The van der Waals surface area contributed by atoms with E-state index >= 15 is 0 Å². The molecule has 0 spiro atoms. The Balaban J connectivity index is 1.76. The zero-order valence-corrected chi connectivity index (χ0v) is 17.9. The number of hydrogen-bond donors (Lipinski definition) is 2. The highest BCUT2D eigenvalue weighted by atomic mass is 79.9. The van der Waals surface area contributed by atoms with Crippen LogP contribution in [0.25, 0.3) is 0 Å². The van der Waals surface area contributed by atoms with Gasteiger partial charge in [-0.15, -0.1) is 0 Å². The van der Waals surface area contributed by atoms with E-state index in [4.69, 9.17) is 4.74 Å². The fraction of sp³-hybridized carbons (Fsp3) is 0.650. The Labute approximate surface area is 169 Å². The maximum absolute atomic E-state index is 13.1. The molecule has 0 aromatic carbocycles. The van der Waals surface area contributed by atoms with Crippen LogP contribution in [0.5, 0.6) is 0 Å². The van der Waals surface area contributed by atoms with Crippen LogP contribution >= 0.6 is 15.9 Å². The average Bonchev–Trinajstić information content (AvgIpc) is 3.42. The molecule has 2 saturated carbocycles. The van der Waals surface area contributed by atoms with Gasteiger partial charge in [-0.3, -0.25) is 4.79 Å². The minimum absolute atomic E-state index is 0.169. The van der Waals surface area contributed by atoms with Crippen molar-refractivity contribution in [2.24, 2.45) is 17.8 Å². The molecular weight excluding hydrogens is 410 g/mol. The van der Waals surface area contributed by atoms with Crippen LogP contribution in [0.2, 0.25) is 0 Å². The van der Waals surface area contributed by atoms with E-state index < -0.39 is 17.7 Å². The number of anilines is 1. The zero-order valence-electron chi connectivity index (χ0n) is 16.3. The summed E-state index contributed by atoms with van der Waals surface area (Å²) in [5.41, 5.74) is 0.958. The van der Waals surface area contributed by atoms with Gasteiger partial charge >= 0.3 is 6.09 Å². The predicted octanol–water partition coefficient (Wildman–Crippen LogP) is 4.42. The number of pyridine rings is 1. The third-order valence-electron chi connectivity index (χ3n) is 4.95. The molecule has 3 rings (SSSR count). The van der Waals surface area contributed by atoms with Gasteiger partial charge in [-0.25, -0.2) is 9.78 Å². The first-order chi connectivity index (χ1) is 12.6. The van der Waals surface area contributed by atoms with Crippen molar-refractivity contribution in [3.05, 3.63) is 22.4 Å². The smallest absolute Gasteiger partial charge is 0.408 e. The Morgan fingerprint density at radius 3 is 2.30 bits per heavy atom. The van der Waals surface area contributed by atoms with Gasteiger partial charge in [0.25, 0.3) is 0 Å². The standard InChI is InChI=1S/C20H28BrN3O3/c1-11-9-14(10-22-17(11)21)23-18(25)16(24-19(26)27-20(2,3)4)15(12-5-6-12)13-7-8-13/h9-10,12-13,15-16H,5-8H2,1-4H3,(H,23,25)(H,24,26)/t16-/m0/s1. The van der Waals surface area contributed by atoms with E-state index in [1.165, 1.54) is 0 Å². The first-order valence-corrected chi connectivity index (χ1v) is 10.4. The second-order valence-corrected chi connectivity index (χ2v) is 9.45. The van der Waals surface area contributed by atoms with E-state index in [0.717, 1.165) is 35.8 Å². The topological polar surface area (TPSA) is 80.3 Å². The molecule has 0 unspecified atom stereocenters. The molecule has 27 heavy (non-hydrogen) atoms. The van der Waals surface area contributed by atoms with E-state index in [1.807, 2.05) is 33.8 Å². The Hall–Kier alpha value is -1.63. The first-order valence-electron chi connectivity index (χ1n) is 9.56. The summed E-state index contributed by atoms with van der Waals surface area (Å²) in [7, 11) is 0. The lowest BCUT2D eigenvalue weighted by molar-refractivity contribution is -0.120. The Bertz CT molecular complexity index is 712. The number of nitrogens with one attached hydrogen (secondary N) is 2. The summed E-state index contributed by atoms with van der Waals surface area (Å²) in [6, 6.07) is 1.27. The minimum atomic E-state index is -0.605. The molecule has 1 aromatic rings. The van der Waals surface area contributed by atoms with Crippen LogP contribution in [0.3, 0.4) is 0 Å². The van der Waals surface area contributed by atoms with E-state index in [1.54, 1.807) is 6.20 Å². The Morgan fingerprint density at radius 1 is 1.22 bits per heavy atom. The Kier molecular flexibility index (Phi) is 5.79. The lowest BCUT2D eigenvalue weighted by Gasteiger charge is -2.29. The van der Waals surface area contributed by atoms with Crippen molar-refractivity contribution in [1.29, 1.82) is 0 Å². The molecule has 2 N–H and O–H groups in total. The van der Waals surface area contributed by atoms with Crippen LogP contribution in [0, 0.1) is 24.7 Å². The van der Waals surface area contributed by atoms with Crippen LogP contribution in [0.1, 0.15) is 52.0 Å². The first kappa shape index (κ1) is 20.1. The number of aryl methyl sites for hydroxylation is 1. The number of carbonyl (C=O) groups excluding carboxylic acids is 2. The van der Waals surface area contributed by atoms with Crippen LogP contribution in [0.4, 0.5) is 10.5 Å². The summed E-state index contributed by atoms with van der Waals surface area (Å²) in [5.74, 6) is 0.983. The third kappa shape index (κ3) is 5.67. The number of aromatic nitrogens is 1. The van der Waals surface area contributed by atoms with Crippen molar-refractivity contribution in [3.8, 4) is 0 Å². The van der Waals surface area contributed by atoms with E-state index in [0.29, 0.717) is 17.5 Å². The fourth-order valence-corrected chi connectivity index (χ4v) is 3.73. The largest absolute Gasteiger partial charge is 0.444 e. The Morgan fingerprint density at radius 2 is 1.81 bits per heavy atom. The van der Waals surface area contributed by atoms with Gasteiger partial charge < -0.3 is 15.4 Å². The summed E-state index contributed by atoms with van der Waals surface area (Å²) >= 11 is 3.37. The van der Waals surface area contributed by atoms with Gasteiger partial charge in [-0.05, 0) is 98.7 Å².